The van der Waals surface area contributed by atoms with E-state index < -0.39 is 0 Å². The van der Waals surface area contributed by atoms with Crippen molar-refractivity contribution in [3.8, 4) is 11.8 Å². The molecule has 0 N–H and O–H groups in total. The highest BCUT2D eigenvalue weighted by Gasteiger charge is 2.28. The number of quaternary nitrogens is 1. The minimum atomic E-state index is 0. The summed E-state index contributed by atoms with van der Waals surface area (Å²) in [5.74, 6) is 6.63. The van der Waals surface area contributed by atoms with E-state index >= 15 is 0 Å². The molecular weight excluding hydrogens is 410 g/mol. The van der Waals surface area contributed by atoms with Gasteiger partial charge >= 0.3 is 0 Å². The predicted octanol–water partition coefficient (Wildman–Crippen LogP) is 1.26. The smallest absolute Gasteiger partial charge is 0.141 e. The average Bonchev–Trinajstić information content (AvgIpc) is 2.65. The van der Waals surface area contributed by atoms with Crippen LogP contribution in [-0.4, -0.2) is 43.9 Å². The van der Waals surface area contributed by atoms with Crippen molar-refractivity contribution in [2.24, 2.45) is 0 Å². The molecule has 2 aromatic carbocycles. The predicted molar refractivity (Wildman–Crippen MR) is 104 cm³/mol. The lowest BCUT2D eigenvalue weighted by Gasteiger charge is -2.39. The van der Waals surface area contributed by atoms with E-state index in [4.69, 9.17) is 16.3 Å². The lowest BCUT2D eigenvalue weighted by molar-refractivity contribution is -0.923. The van der Waals surface area contributed by atoms with Crippen molar-refractivity contribution in [2.75, 3.05) is 39.4 Å². The molecule has 0 radical (unpaired) electrons. The summed E-state index contributed by atoms with van der Waals surface area (Å²) in [5, 5.41) is 0.744. The average molecular weight is 433 g/mol. The fraction of sp³-hybridized carbons (Fsp3) is 0.273. The fourth-order valence-corrected chi connectivity index (χ4v) is 3.08. The quantitative estimate of drug-likeness (QED) is 0.522. The van der Waals surface area contributed by atoms with Crippen LogP contribution in [0.2, 0.25) is 5.02 Å². The lowest BCUT2D eigenvalue weighted by Crippen LogP contribution is -3.00. The molecule has 0 spiro atoms. The first-order valence-electron chi connectivity index (χ1n) is 8.65. The number of hydrogen-bond donors (Lipinski definition) is 0. The number of morpholine rings is 1. The maximum Gasteiger partial charge on any atom is 0.141 e. The van der Waals surface area contributed by atoms with Crippen LogP contribution in [0.3, 0.4) is 0 Å². The zero-order valence-electron chi connectivity index (χ0n) is 14.7. The van der Waals surface area contributed by atoms with Crippen LogP contribution in [0.15, 0.2) is 60.7 Å². The van der Waals surface area contributed by atoms with Crippen LogP contribution in [0, 0.1) is 11.8 Å². The third-order valence-electron chi connectivity index (χ3n) is 4.51. The second-order valence-electron chi connectivity index (χ2n) is 6.36. The molecule has 0 atom stereocenters. The first kappa shape index (κ1) is 20.7. The Labute approximate surface area is 171 Å². The third kappa shape index (κ3) is 6.30. The van der Waals surface area contributed by atoms with Gasteiger partial charge in [0, 0.05) is 10.6 Å². The van der Waals surface area contributed by atoms with E-state index in [0.29, 0.717) is 0 Å². The van der Waals surface area contributed by atoms with Gasteiger partial charge in [0.05, 0.1) is 19.8 Å². The summed E-state index contributed by atoms with van der Waals surface area (Å²) in [6.45, 7) is 5.45. The number of benzene rings is 2. The van der Waals surface area contributed by atoms with E-state index in [1.54, 1.807) is 0 Å². The second kappa shape index (κ2) is 10.5. The van der Waals surface area contributed by atoms with Crippen LogP contribution in [0.1, 0.15) is 11.1 Å². The first-order valence-corrected chi connectivity index (χ1v) is 9.03. The summed E-state index contributed by atoms with van der Waals surface area (Å²) in [6, 6.07) is 18.1. The zero-order chi connectivity index (χ0) is 17.4. The summed E-state index contributed by atoms with van der Waals surface area (Å²) in [6.07, 6.45) is 4.46. The van der Waals surface area contributed by atoms with Crippen molar-refractivity contribution in [1.82, 2.24) is 0 Å². The molecule has 0 aromatic heterocycles. The van der Waals surface area contributed by atoms with Crippen LogP contribution in [0.5, 0.6) is 0 Å². The van der Waals surface area contributed by atoms with Crippen LogP contribution >= 0.6 is 11.6 Å². The summed E-state index contributed by atoms with van der Waals surface area (Å²) < 4.78 is 6.53. The van der Waals surface area contributed by atoms with Gasteiger partial charge in [-0.25, -0.2) is 0 Å². The molecule has 0 aliphatic carbocycles. The molecule has 4 heteroatoms. The fourth-order valence-electron chi connectivity index (χ4n) is 2.95. The minimum Gasteiger partial charge on any atom is -1.00 e. The number of ether oxygens (including phenoxy) is 1. The zero-order valence-corrected chi connectivity index (χ0v) is 17.0. The Morgan fingerprint density at radius 2 is 1.69 bits per heavy atom. The van der Waals surface area contributed by atoms with Crippen molar-refractivity contribution < 1.29 is 26.2 Å². The lowest BCUT2D eigenvalue weighted by atomic mass is 10.2. The van der Waals surface area contributed by atoms with Gasteiger partial charge in [-0.3, -0.25) is 0 Å². The van der Waals surface area contributed by atoms with Crippen molar-refractivity contribution >= 4 is 17.7 Å². The largest absolute Gasteiger partial charge is 1.00 e. The Bertz CT molecular complexity index is 756. The number of nitrogens with zero attached hydrogens (tertiary/aromatic N) is 1. The summed E-state index contributed by atoms with van der Waals surface area (Å²) in [4.78, 5) is 0. The van der Waals surface area contributed by atoms with Gasteiger partial charge in [0.25, 0.3) is 0 Å². The normalized spacial score (nSPS) is 15.7. The molecule has 1 heterocycles. The topological polar surface area (TPSA) is 9.23 Å². The Morgan fingerprint density at radius 3 is 2.38 bits per heavy atom. The van der Waals surface area contributed by atoms with Crippen LogP contribution in [0.25, 0.3) is 6.08 Å². The van der Waals surface area contributed by atoms with E-state index in [0.717, 1.165) is 54.5 Å². The van der Waals surface area contributed by atoms with Crippen LogP contribution in [-0.2, 0) is 4.74 Å². The van der Waals surface area contributed by atoms with E-state index in [-0.39, 0.29) is 17.0 Å². The van der Waals surface area contributed by atoms with Gasteiger partial charge in [-0.1, -0.05) is 53.9 Å². The van der Waals surface area contributed by atoms with E-state index in [2.05, 4.69) is 48.3 Å². The molecule has 136 valence electrons. The standard InChI is InChI=1S/C22H23ClNO.BrH/c23-22-12-10-21(11-13-22)9-5-15-24(16-18-25-19-17-24)14-4-8-20-6-2-1-3-7-20;/h1-4,6-8,10-13H,14-19H2;1H/q+1;/p-1. The molecule has 0 amide bonds. The molecule has 2 nitrogen and oxygen atoms in total. The van der Waals surface area contributed by atoms with E-state index in [1.165, 1.54) is 5.56 Å². The SMILES string of the molecule is Clc1ccc(C#CC[N+]2(CC=Cc3ccccc3)CCOCC2)cc1.[Br-]. The van der Waals surface area contributed by atoms with Gasteiger partial charge in [-0.15, -0.1) is 0 Å². The van der Waals surface area contributed by atoms with Gasteiger partial charge in [0.1, 0.15) is 19.6 Å². The van der Waals surface area contributed by atoms with Gasteiger partial charge < -0.3 is 26.2 Å². The van der Waals surface area contributed by atoms with Crippen LogP contribution in [0.4, 0.5) is 0 Å². The van der Waals surface area contributed by atoms with Crippen molar-refractivity contribution in [3.05, 3.63) is 76.8 Å². The number of rotatable bonds is 4. The number of halogens is 2. The van der Waals surface area contributed by atoms with Crippen molar-refractivity contribution in [3.63, 3.8) is 0 Å². The van der Waals surface area contributed by atoms with Crippen LogP contribution < -0.4 is 17.0 Å². The molecule has 1 fully saturated rings. The van der Waals surface area contributed by atoms with E-state index in [9.17, 15) is 0 Å². The molecular formula is C22H23BrClNO. The van der Waals surface area contributed by atoms with Gasteiger partial charge in [0.2, 0.25) is 0 Å². The van der Waals surface area contributed by atoms with Gasteiger partial charge in [-0.05, 0) is 41.8 Å². The molecule has 2 aromatic rings. The number of hydrogen-bond acceptors (Lipinski definition) is 1. The van der Waals surface area contributed by atoms with E-state index in [1.807, 2.05) is 30.3 Å². The van der Waals surface area contributed by atoms with Crippen molar-refractivity contribution in [1.29, 1.82) is 0 Å². The van der Waals surface area contributed by atoms with Crippen molar-refractivity contribution in [2.45, 2.75) is 0 Å². The maximum atomic E-state index is 5.92. The highest BCUT2D eigenvalue weighted by atomic mass is 79.9. The molecule has 1 aliphatic heterocycles. The Balaban J connectivity index is 0.00000243. The van der Waals surface area contributed by atoms with Gasteiger partial charge in [0.15, 0.2) is 0 Å². The summed E-state index contributed by atoms with van der Waals surface area (Å²) in [5.41, 5.74) is 2.25. The Hall–Kier alpha value is -1.57. The highest BCUT2D eigenvalue weighted by molar-refractivity contribution is 6.30. The second-order valence-corrected chi connectivity index (χ2v) is 6.80. The highest BCUT2D eigenvalue weighted by Crippen LogP contribution is 2.13. The van der Waals surface area contributed by atoms with Gasteiger partial charge in [-0.2, -0.15) is 0 Å². The maximum absolute atomic E-state index is 5.92. The molecule has 0 saturated carbocycles. The molecule has 1 saturated heterocycles. The molecule has 0 unspecified atom stereocenters. The first-order chi connectivity index (χ1) is 12.3. The Morgan fingerprint density at radius 1 is 1.00 bits per heavy atom. The molecule has 1 aliphatic rings. The molecule has 26 heavy (non-hydrogen) atoms. The minimum absolute atomic E-state index is 0. The monoisotopic (exact) mass is 431 g/mol. The third-order valence-corrected chi connectivity index (χ3v) is 4.77. The molecule has 3 rings (SSSR count). The summed E-state index contributed by atoms with van der Waals surface area (Å²) >= 11 is 5.92. The Kier molecular flexibility index (Phi) is 8.41. The summed E-state index contributed by atoms with van der Waals surface area (Å²) in [7, 11) is 0. The molecule has 0 bridgehead atoms.